The topological polar surface area (TPSA) is 88.2 Å². The highest BCUT2D eigenvalue weighted by atomic mass is 32.1. The maximum atomic E-state index is 11.5. The second kappa shape index (κ2) is 5.20. The third-order valence-electron chi connectivity index (χ3n) is 1.80. The van der Waals surface area contributed by atoms with Crippen molar-refractivity contribution in [2.45, 2.75) is 25.9 Å². The highest BCUT2D eigenvalue weighted by molar-refractivity contribution is 7.09. The molecule has 0 saturated heterocycles. The summed E-state index contributed by atoms with van der Waals surface area (Å²) < 4.78 is 0. The van der Waals surface area contributed by atoms with E-state index >= 15 is 0 Å². The van der Waals surface area contributed by atoms with Crippen LogP contribution in [0, 0.1) is 0 Å². The Balaban J connectivity index is 2.66. The first-order valence-corrected chi connectivity index (χ1v) is 5.55. The van der Waals surface area contributed by atoms with Crippen LogP contribution in [-0.2, 0) is 0 Å². The third-order valence-corrected chi connectivity index (χ3v) is 2.84. The lowest BCUT2D eigenvalue weighted by Crippen LogP contribution is -2.35. The van der Waals surface area contributed by atoms with Crippen molar-refractivity contribution >= 4 is 17.2 Å². The molecule has 15 heavy (non-hydrogen) atoms. The molecular formula is C9H15N3O2S. The van der Waals surface area contributed by atoms with E-state index in [1.54, 1.807) is 12.3 Å². The molecular weight excluding hydrogens is 214 g/mol. The standard InChI is InChI=1S/C9H15N3O2S/c1-5(3-13)11-8(14)7-4-15-9(12-7)6(2)10/h4-6,13H,3,10H2,1-2H3,(H,11,14)/t5-,6?/m1/s1. The van der Waals surface area contributed by atoms with Gasteiger partial charge in [-0.25, -0.2) is 4.98 Å². The minimum absolute atomic E-state index is 0.0873. The molecule has 5 nitrogen and oxygen atoms in total. The Morgan fingerprint density at radius 3 is 2.87 bits per heavy atom. The molecule has 84 valence electrons. The molecule has 0 aliphatic heterocycles. The van der Waals surface area contributed by atoms with Crippen molar-refractivity contribution in [3.8, 4) is 0 Å². The van der Waals surface area contributed by atoms with E-state index < -0.39 is 0 Å². The first-order chi connectivity index (χ1) is 7.04. The van der Waals surface area contributed by atoms with E-state index in [9.17, 15) is 4.79 Å². The Morgan fingerprint density at radius 2 is 2.40 bits per heavy atom. The van der Waals surface area contributed by atoms with Crippen LogP contribution in [0.4, 0.5) is 0 Å². The Bertz CT molecular complexity index is 338. The van der Waals surface area contributed by atoms with Gasteiger partial charge in [0.25, 0.3) is 5.91 Å². The van der Waals surface area contributed by atoms with Gasteiger partial charge in [0.15, 0.2) is 0 Å². The Morgan fingerprint density at radius 1 is 1.73 bits per heavy atom. The molecule has 1 heterocycles. The van der Waals surface area contributed by atoms with Gasteiger partial charge in [-0.15, -0.1) is 11.3 Å². The lowest BCUT2D eigenvalue weighted by atomic mass is 10.3. The number of aromatic nitrogens is 1. The number of nitrogens with one attached hydrogen (secondary N) is 1. The number of rotatable bonds is 4. The van der Waals surface area contributed by atoms with E-state index in [2.05, 4.69) is 10.3 Å². The fraction of sp³-hybridized carbons (Fsp3) is 0.556. The predicted molar refractivity (Wildman–Crippen MR) is 58.7 cm³/mol. The van der Waals surface area contributed by atoms with Crippen LogP contribution in [0.15, 0.2) is 5.38 Å². The van der Waals surface area contributed by atoms with Gasteiger partial charge >= 0.3 is 0 Å². The van der Waals surface area contributed by atoms with Crippen molar-refractivity contribution in [2.75, 3.05) is 6.61 Å². The average molecular weight is 229 g/mol. The zero-order valence-corrected chi connectivity index (χ0v) is 9.54. The first kappa shape index (κ1) is 12.1. The maximum absolute atomic E-state index is 11.5. The van der Waals surface area contributed by atoms with Crippen LogP contribution in [0.5, 0.6) is 0 Å². The van der Waals surface area contributed by atoms with Crippen LogP contribution >= 0.6 is 11.3 Å². The molecule has 1 amide bonds. The SMILES string of the molecule is CC(N)c1nc(C(=O)N[C@H](C)CO)cs1. The molecule has 1 aromatic heterocycles. The Kier molecular flexibility index (Phi) is 4.19. The van der Waals surface area contributed by atoms with E-state index in [4.69, 9.17) is 10.8 Å². The number of hydrogen-bond acceptors (Lipinski definition) is 5. The van der Waals surface area contributed by atoms with Gasteiger partial charge in [-0.1, -0.05) is 0 Å². The first-order valence-electron chi connectivity index (χ1n) is 4.67. The summed E-state index contributed by atoms with van der Waals surface area (Å²) in [5, 5.41) is 13.8. The van der Waals surface area contributed by atoms with Crippen LogP contribution in [0.1, 0.15) is 35.4 Å². The van der Waals surface area contributed by atoms with E-state index in [1.165, 1.54) is 11.3 Å². The summed E-state index contributed by atoms with van der Waals surface area (Å²) in [5.41, 5.74) is 5.99. The minimum atomic E-state index is -0.278. The summed E-state index contributed by atoms with van der Waals surface area (Å²) >= 11 is 1.36. The van der Waals surface area contributed by atoms with E-state index in [0.717, 1.165) is 5.01 Å². The lowest BCUT2D eigenvalue weighted by Gasteiger charge is -2.08. The molecule has 0 aliphatic carbocycles. The number of carbonyl (C=O) groups excluding carboxylic acids is 1. The molecule has 0 radical (unpaired) electrons. The van der Waals surface area contributed by atoms with Crippen LogP contribution in [-0.4, -0.2) is 28.6 Å². The molecule has 1 rings (SSSR count). The number of carbonyl (C=O) groups is 1. The van der Waals surface area contributed by atoms with Gasteiger partial charge in [0.05, 0.1) is 12.6 Å². The summed E-state index contributed by atoms with van der Waals surface area (Å²) in [5.74, 6) is -0.278. The maximum Gasteiger partial charge on any atom is 0.271 e. The normalized spacial score (nSPS) is 14.7. The van der Waals surface area contributed by atoms with Crippen LogP contribution in [0.25, 0.3) is 0 Å². The number of nitrogens with zero attached hydrogens (tertiary/aromatic N) is 1. The fourth-order valence-corrected chi connectivity index (χ4v) is 1.70. The van der Waals surface area contributed by atoms with Crippen molar-refractivity contribution in [2.24, 2.45) is 5.73 Å². The van der Waals surface area contributed by atoms with Crippen LogP contribution in [0.3, 0.4) is 0 Å². The van der Waals surface area contributed by atoms with Gasteiger partial charge in [0.2, 0.25) is 0 Å². The van der Waals surface area contributed by atoms with Gasteiger partial charge in [0.1, 0.15) is 10.7 Å². The summed E-state index contributed by atoms with van der Waals surface area (Å²) in [4.78, 5) is 15.6. The summed E-state index contributed by atoms with van der Waals surface area (Å²) in [6.45, 7) is 3.45. The molecule has 2 atom stereocenters. The number of amides is 1. The van der Waals surface area contributed by atoms with Crippen LogP contribution < -0.4 is 11.1 Å². The van der Waals surface area contributed by atoms with Gasteiger partial charge in [-0.2, -0.15) is 0 Å². The zero-order chi connectivity index (χ0) is 11.4. The molecule has 1 unspecified atom stereocenters. The summed E-state index contributed by atoms with van der Waals surface area (Å²) in [6.07, 6.45) is 0. The highest BCUT2D eigenvalue weighted by Crippen LogP contribution is 2.15. The van der Waals surface area contributed by atoms with Crippen molar-refractivity contribution in [3.63, 3.8) is 0 Å². The van der Waals surface area contributed by atoms with Gasteiger partial charge < -0.3 is 16.2 Å². The van der Waals surface area contributed by atoms with Gasteiger partial charge in [0, 0.05) is 11.4 Å². The largest absolute Gasteiger partial charge is 0.394 e. The predicted octanol–water partition coefficient (Wildman–Crippen LogP) is 0.273. The van der Waals surface area contributed by atoms with Crippen molar-refractivity contribution < 1.29 is 9.90 Å². The van der Waals surface area contributed by atoms with E-state index in [1.807, 2.05) is 6.92 Å². The second-order valence-corrected chi connectivity index (χ2v) is 4.31. The van der Waals surface area contributed by atoms with E-state index in [-0.39, 0.29) is 24.6 Å². The van der Waals surface area contributed by atoms with E-state index in [0.29, 0.717) is 5.69 Å². The molecule has 0 aliphatic rings. The number of nitrogens with two attached hydrogens (primary N) is 1. The highest BCUT2D eigenvalue weighted by Gasteiger charge is 2.14. The molecule has 0 fully saturated rings. The van der Waals surface area contributed by atoms with Crippen molar-refractivity contribution in [3.05, 3.63) is 16.1 Å². The molecule has 1 aromatic rings. The van der Waals surface area contributed by atoms with Gasteiger partial charge in [-0.05, 0) is 13.8 Å². The van der Waals surface area contributed by atoms with Crippen LogP contribution in [0.2, 0.25) is 0 Å². The number of aliphatic hydroxyl groups is 1. The molecule has 0 saturated carbocycles. The minimum Gasteiger partial charge on any atom is -0.394 e. The Labute approximate surface area is 92.3 Å². The van der Waals surface area contributed by atoms with Crippen molar-refractivity contribution in [1.82, 2.24) is 10.3 Å². The second-order valence-electron chi connectivity index (χ2n) is 3.42. The Hall–Kier alpha value is -0.980. The molecule has 6 heteroatoms. The summed E-state index contributed by atoms with van der Waals surface area (Å²) in [6, 6.07) is -0.426. The molecule has 0 aromatic carbocycles. The molecule has 4 N–H and O–H groups in total. The quantitative estimate of drug-likeness (QED) is 0.691. The number of thiazole rings is 1. The van der Waals surface area contributed by atoms with Crippen molar-refractivity contribution in [1.29, 1.82) is 0 Å². The summed E-state index contributed by atoms with van der Waals surface area (Å²) in [7, 11) is 0. The van der Waals surface area contributed by atoms with Gasteiger partial charge in [-0.3, -0.25) is 4.79 Å². The smallest absolute Gasteiger partial charge is 0.271 e. The lowest BCUT2D eigenvalue weighted by molar-refractivity contribution is 0.0918. The average Bonchev–Trinajstić information content (AvgIpc) is 2.66. The molecule has 0 spiro atoms. The third kappa shape index (κ3) is 3.26. The fourth-order valence-electron chi connectivity index (χ4n) is 0.944. The zero-order valence-electron chi connectivity index (χ0n) is 8.73. The molecule has 0 bridgehead atoms. The number of aliphatic hydroxyl groups excluding tert-OH is 1. The number of hydrogen-bond donors (Lipinski definition) is 3. The monoisotopic (exact) mass is 229 g/mol.